The number of aliphatic hydroxyl groups is 1. The molecule has 1 rings (SSSR count). The highest BCUT2D eigenvalue weighted by Crippen LogP contribution is 2.18. The number of nitrogens with zero attached hydrogens (tertiary/aromatic N) is 1. The predicted octanol–water partition coefficient (Wildman–Crippen LogP) is 1.51. The van der Waals surface area contributed by atoms with Crippen LogP contribution < -0.4 is 24.0 Å². The Balaban J connectivity index is 0.00000400. The van der Waals surface area contributed by atoms with E-state index in [4.69, 9.17) is 5.11 Å². The second-order valence-corrected chi connectivity index (χ2v) is 7.11. The molecule has 0 radical (unpaired) electrons. The Kier molecular flexibility index (Phi) is 14.7. The Morgan fingerprint density at radius 1 is 0.667 bits per heavy atom. The van der Waals surface area contributed by atoms with Crippen molar-refractivity contribution in [1.82, 2.24) is 0 Å². The second-order valence-electron chi connectivity index (χ2n) is 7.11. The van der Waals surface area contributed by atoms with E-state index in [0.29, 0.717) is 6.61 Å². The summed E-state index contributed by atoms with van der Waals surface area (Å²) in [6.45, 7) is 4.65. The van der Waals surface area contributed by atoms with Gasteiger partial charge in [-0.1, -0.05) is 51.4 Å². The average Bonchev–Trinajstić information content (AvgIpc) is 2.87. The molecule has 128 valence electrons. The lowest BCUT2D eigenvalue weighted by atomic mass is 10.1. The SMILES string of the molecule is C[N+]1(CCCCCCCCCCCCCO)CCCC1.[I-]. The van der Waals surface area contributed by atoms with Crippen molar-refractivity contribution in [3.63, 3.8) is 0 Å². The first kappa shape index (κ1) is 21.6. The highest BCUT2D eigenvalue weighted by Gasteiger charge is 2.25. The van der Waals surface area contributed by atoms with Crippen LogP contribution in [-0.4, -0.2) is 42.9 Å². The van der Waals surface area contributed by atoms with E-state index in [0.717, 1.165) is 6.42 Å². The lowest BCUT2D eigenvalue weighted by Crippen LogP contribution is -3.00. The molecule has 0 aromatic heterocycles. The maximum Gasteiger partial charge on any atom is 0.0786 e. The molecular weight excluding hydrogens is 373 g/mol. The fourth-order valence-corrected chi connectivity index (χ4v) is 3.52. The highest BCUT2D eigenvalue weighted by molar-refractivity contribution is 4.53. The van der Waals surface area contributed by atoms with Gasteiger partial charge < -0.3 is 33.6 Å². The zero-order valence-electron chi connectivity index (χ0n) is 14.3. The molecular formula is C18H38INO. The van der Waals surface area contributed by atoms with Gasteiger partial charge in [0.1, 0.15) is 0 Å². The zero-order chi connectivity index (χ0) is 14.5. The van der Waals surface area contributed by atoms with E-state index < -0.39 is 0 Å². The first-order chi connectivity index (χ1) is 9.77. The molecule has 0 aromatic rings. The molecule has 1 heterocycles. The standard InChI is InChI=1S/C18H38NO.HI/c1-19(16-12-13-17-19)15-11-9-7-5-3-2-4-6-8-10-14-18-20;/h20H,2-18H2,1H3;1H/q+1;/p-1. The van der Waals surface area contributed by atoms with Gasteiger partial charge in [-0.25, -0.2) is 0 Å². The van der Waals surface area contributed by atoms with Crippen LogP contribution in [0.3, 0.4) is 0 Å². The molecule has 1 aliphatic heterocycles. The fraction of sp³-hybridized carbons (Fsp3) is 1.00. The molecule has 2 nitrogen and oxygen atoms in total. The third kappa shape index (κ3) is 11.8. The Bertz CT molecular complexity index is 217. The summed E-state index contributed by atoms with van der Waals surface area (Å²) < 4.78 is 1.36. The summed E-state index contributed by atoms with van der Waals surface area (Å²) >= 11 is 0. The smallest absolute Gasteiger partial charge is 0.0786 e. The van der Waals surface area contributed by atoms with E-state index in [-0.39, 0.29) is 24.0 Å². The highest BCUT2D eigenvalue weighted by atomic mass is 127. The van der Waals surface area contributed by atoms with E-state index in [9.17, 15) is 0 Å². The predicted molar refractivity (Wildman–Crippen MR) is 87.9 cm³/mol. The first-order valence-corrected chi connectivity index (χ1v) is 9.21. The Labute approximate surface area is 150 Å². The van der Waals surface area contributed by atoms with Gasteiger partial charge in [-0.3, -0.25) is 0 Å². The summed E-state index contributed by atoms with van der Waals surface area (Å²) in [5.41, 5.74) is 0. The maximum absolute atomic E-state index is 8.69. The Morgan fingerprint density at radius 3 is 1.48 bits per heavy atom. The number of hydrogen-bond acceptors (Lipinski definition) is 1. The molecule has 0 aliphatic carbocycles. The molecule has 3 heteroatoms. The lowest BCUT2D eigenvalue weighted by Gasteiger charge is -2.29. The quantitative estimate of drug-likeness (QED) is 0.277. The van der Waals surface area contributed by atoms with Crippen molar-refractivity contribution in [1.29, 1.82) is 0 Å². The number of rotatable bonds is 13. The van der Waals surface area contributed by atoms with Crippen LogP contribution in [0.2, 0.25) is 0 Å². The monoisotopic (exact) mass is 411 g/mol. The Hall–Kier alpha value is 0.650. The van der Waals surface area contributed by atoms with Crippen LogP contribution in [0.5, 0.6) is 0 Å². The number of likely N-dealkylation sites (tertiary alicyclic amines) is 1. The van der Waals surface area contributed by atoms with Gasteiger partial charge in [0.2, 0.25) is 0 Å². The fourth-order valence-electron chi connectivity index (χ4n) is 3.52. The van der Waals surface area contributed by atoms with Crippen molar-refractivity contribution in [3.05, 3.63) is 0 Å². The van der Waals surface area contributed by atoms with Gasteiger partial charge in [-0.2, -0.15) is 0 Å². The van der Waals surface area contributed by atoms with Gasteiger partial charge in [0.25, 0.3) is 0 Å². The number of unbranched alkanes of at least 4 members (excludes halogenated alkanes) is 10. The van der Waals surface area contributed by atoms with Crippen LogP contribution in [0.4, 0.5) is 0 Å². The number of aliphatic hydroxyl groups excluding tert-OH is 1. The zero-order valence-corrected chi connectivity index (χ0v) is 16.5. The number of halogens is 1. The van der Waals surface area contributed by atoms with E-state index in [1.54, 1.807) is 0 Å². The molecule has 21 heavy (non-hydrogen) atoms. The Morgan fingerprint density at radius 2 is 1.05 bits per heavy atom. The van der Waals surface area contributed by atoms with Gasteiger partial charge in [0, 0.05) is 19.4 Å². The van der Waals surface area contributed by atoms with Gasteiger partial charge >= 0.3 is 0 Å². The molecule has 1 aliphatic rings. The molecule has 0 unspecified atom stereocenters. The maximum atomic E-state index is 8.69. The van der Waals surface area contributed by atoms with Crippen LogP contribution in [0.25, 0.3) is 0 Å². The summed E-state index contributed by atoms with van der Waals surface area (Å²) in [5.74, 6) is 0. The van der Waals surface area contributed by atoms with Crippen molar-refractivity contribution in [2.24, 2.45) is 0 Å². The van der Waals surface area contributed by atoms with Crippen molar-refractivity contribution < 1.29 is 33.6 Å². The van der Waals surface area contributed by atoms with Crippen LogP contribution in [0.15, 0.2) is 0 Å². The molecule has 0 amide bonds. The largest absolute Gasteiger partial charge is 1.00 e. The van der Waals surface area contributed by atoms with Gasteiger partial charge in [0.15, 0.2) is 0 Å². The van der Waals surface area contributed by atoms with E-state index in [1.165, 1.54) is 101 Å². The van der Waals surface area contributed by atoms with E-state index in [1.807, 2.05) is 0 Å². The lowest BCUT2D eigenvalue weighted by molar-refractivity contribution is -0.897. The summed E-state index contributed by atoms with van der Waals surface area (Å²) in [7, 11) is 2.45. The van der Waals surface area contributed by atoms with Crippen molar-refractivity contribution in [2.45, 2.75) is 83.5 Å². The minimum absolute atomic E-state index is 0. The minimum Gasteiger partial charge on any atom is -1.00 e. The molecule has 0 atom stereocenters. The van der Waals surface area contributed by atoms with Crippen LogP contribution in [0, 0.1) is 0 Å². The summed E-state index contributed by atoms with van der Waals surface area (Å²) in [6, 6.07) is 0. The minimum atomic E-state index is 0. The molecule has 1 saturated heterocycles. The topological polar surface area (TPSA) is 20.2 Å². The molecule has 0 saturated carbocycles. The summed E-state index contributed by atoms with van der Waals surface area (Å²) in [6.07, 6.45) is 17.9. The molecule has 1 fully saturated rings. The van der Waals surface area contributed by atoms with Gasteiger partial charge in [-0.15, -0.1) is 0 Å². The van der Waals surface area contributed by atoms with Crippen LogP contribution >= 0.6 is 0 Å². The normalized spacial score (nSPS) is 16.9. The van der Waals surface area contributed by atoms with E-state index >= 15 is 0 Å². The average molecular weight is 411 g/mol. The summed E-state index contributed by atoms with van der Waals surface area (Å²) in [4.78, 5) is 0. The number of hydrogen-bond donors (Lipinski definition) is 1. The van der Waals surface area contributed by atoms with Gasteiger partial charge in [-0.05, 0) is 19.3 Å². The molecule has 1 N–H and O–H groups in total. The van der Waals surface area contributed by atoms with Crippen LogP contribution in [0.1, 0.15) is 83.5 Å². The third-order valence-corrected chi connectivity index (χ3v) is 5.00. The van der Waals surface area contributed by atoms with Crippen molar-refractivity contribution in [3.8, 4) is 0 Å². The number of quaternary nitrogens is 1. The van der Waals surface area contributed by atoms with Crippen molar-refractivity contribution >= 4 is 0 Å². The molecule has 0 spiro atoms. The van der Waals surface area contributed by atoms with Crippen molar-refractivity contribution in [2.75, 3.05) is 33.3 Å². The first-order valence-electron chi connectivity index (χ1n) is 9.21. The van der Waals surface area contributed by atoms with E-state index in [2.05, 4.69) is 7.05 Å². The second kappa shape index (κ2) is 14.3. The molecule has 0 aromatic carbocycles. The van der Waals surface area contributed by atoms with Gasteiger partial charge in [0.05, 0.1) is 26.7 Å². The van der Waals surface area contributed by atoms with Crippen LogP contribution in [-0.2, 0) is 0 Å². The molecule has 0 bridgehead atoms. The third-order valence-electron chi connectivity index (χ3n) is 5.00. The summed E-state index contributed by atoms with van der Waals surface area (Å²) in [5, 5.41) is 8.69.